The summed E-state index contributed by atoms with van der Waals surface area (Å²) in [5, 5.41) is 9.93. The number of imidazole rings is 1. The topological polar surface area (TPSA) is 75.1 Å². The van der Waals surface area contributed by atoms with Crippen molar-refractivity contribution in [2.24, 2.45) is 0 Å². The summed E-state index contributed by atoms with van der Waals surface area (Å²) in [6, 6.07) is 3.59. The number of aromatic nitrogens is 4. The number of rotatable bonds is 3. The van der Waals surface area contributed by atoms with Crippen molar-refractivity contribution in [2.45, 2.75) is 20.4 Å². The molecule has 0 spiro atoms. The van der Waals surface area contributed by atoms with Gasteiger partial charge in [0.1, 0.15) is 5.65 Å². The van der Waals surface area contributed by atoms with Crippen molar-refractivity contribution in [3.05, 3.63) is 53.2 Å². The van der Waals surface area contributed by atoms with Crippen molar-refractivity contribution >= 4 is 11.6 Å². The van der Waals surface area contributed by atoms with E-state index in [0.717, 1.165) is 22.6 Å². The fraction of sp³-hybridized carbons (Fsp3) is 0.214. The molecule has 0 saturated carbocycles. The average molecular weight is 269 g/mol. The number of hydrogen-bond donors (Lipinski definition) is 2. The molecule has 0 aliphatic heterocycles. The van der Waals surface area contributed by atoms with Gasteiger partial charge in [0.05, 0.1) is 11.3 Å². The highest BCUT2D eigenvalue weighted by molar-refractivity contribution is 5.94. The molecule has 0 aliphatic rings. The first-order valence-corrected chi connectivity index (χ1v) is 6.36. The summed E-state index contributed by atoms with van der Waals surface area (Å²) in [6.07, 6.45) is 5.29. The van der Waals surface area contributed by atoms with Crippen molar-refractivity contribution in [1.82, 2.24) is 24.9 Å². The van der Waals surface area contributed by atoms with Crippen molar-refractivity contribution in [2.75, 3.05) is 0 Å². The lowest BCUT2D eigenvalue weighted by Crippen LogP contribution is -2.23. The molecular formula is C14H15N5O. The van der Waals surface area contributed by atoms with E-state index in [1.165, 1.54) is 0 Å². The van der Waals surface area contributed by atoms with Crippen LogP contribution in [0, 0.1) is 13.8 Å². The van der Waals surface area contributed by atoms with E-state index >= 15 is 0 Å². The monoisotopic (exact) mass is 269 g/mol. The molecule has 3 aromatic heterocycles. The van der Waals surface area contributed by atoms with Crippen LogP contribution in [0.2, 0.25) is 0 Å². The largest absolute Gasteiger partial charge is 0.348 e. The molecule has 0 fully saturated rings. The zero-order chi connectivity index (χ0) is 14.1. The van der Waals surface area contributed by atoms with Crippen molar-refractivity contribution in [1.29, 1.82) is 0 Å². The Kier molecular flexibility index (Phi) is 2.98. The summed E-state index contributed by atoms with van der Waals surface area (Å²) < 4.78 is 1.82. The van der Waals surface area contributed by atoms with Crippen molar-refractivity contribution in [3.8, 4) is 0 Å². The highest BCUT2D eigenvalue weighted by Crippen LogP contribution is 2.09. The van der Waals surface area contributed by atoms with Gasteiger partial charge in [0.25, 0.3) is 5.91 Å². The minimum atomic E-state index is -0.111. The second-order valence-electron chi connectivity index (χ2n) is 4.71. The Morgan fingerprint density at radius 1 is 1.40 bits per heavy atom. The predicted molar refractivity (Wildman–Crippen MR) is 74.4 cm³/mol. The predicted octanol–water partition coefficient (Wildman–Crippen LogP) is 1.60. The molecule has 0 atom stereocenters. The molecule has 0 aromatic carbocycles. The van der Waals surface area contributed by atoms with E-state index in [1.54, 1.807) is 18.5 Å². The van der Waals surface area contributed by atoms with Gasteiger partial charge in [-0.1, -0.05) is 0 Å². The van der Waals surface area contributed by atoms with Crippen LogP contribution in [0.1, 0.15) is 27.3 Å². The van der Waals surface area contributed by atoms with Crippen LogP contribution in [0.5, 0.6) is 0 Å². The maximum atomic E-state index is 12.2. The third kappa shape index (κ3) is 2.16. The Hall–Kier alpha value is -2.63. The zero-order valence-corrected chi connectivity index (χ0v) is 11.3. The second kappa shape index (κ2) is 4.80. The third-order valence-corrected chi connectivity index (χ3v) is 3.36. The Morgan fingerprint density at radius 3 is 3.00 bits per heavy atom. The van der Waals surface area contributed by atoms with E-state index in [2.05, 4.69) is 20.5 Å². The number of fused-ring (bicyclic) bond motifs is 1. The molecule has 0 radical (unpaired) electrons. The van der Waals surface area contributed by atoms with Crippen LogP contribution in [0.3, 0.4) is 0 Å². The van der Waals surface area contributed by atoms with E-state index in [1.807, 2.05) is 30.5 Å². The standard InChI is InChI=1S/C14H15N5O/c1-9-12(10(2)18-17-9)7-16-14(20)11-3-4-13-15-5-6-19(13)8-11/h3-6,8H,7H2,1-2H3,(H,16,20)(H,17,18). The summed E-state index contributed by atoms with van der Waals surface area (Å²) in [6.45, 7) is 4.33. The van der Waals surface area contributed by atoms with Crippen LogP contribution >= 0.6 is 0 Å². The van der Waals surface area contributed by atoms with Gasteiger partial charge < -0.3 is 9.72 Å². The molecule has 6 heteroatoms. The number of aromatic amines is 1. The van der Waals surface area contributed by atoms with E-state index < -0.39 is 0 Å². The number of carbonyl (C=O) groups excluding carboxylic acids is 1. The van der Waals surface area contributed by atoms with Gasteiger partial charge in [0.15, 0.2) is 0 Å². The first kappa shape index (κ1) is 12.4. The summed E-state index contributed by atoms with van der Waals surface area (Å²) >= 11 is 0. The molecule has 6 nitrogen and oxygen atoms in total. The molecule has 0 bridgehead atoms. The number of nitrogens with one attached hydrogen (secondary N) is 2. The van der Waals surface area contributed by atoms with Gasteiger partial charge >= 0.3 is 0 Å². The minimum Gasteiger partial charge on any atom is -0.348 e. The molecule has 0 aliphatic carbocycles. The number of pyridine rings is 1. The van der Waals surface area contributed by atoms with E-state index in [-0.39, 0.29) is 5.91 Å². The maximum absolute atomic E-state index is 12.2. The van der Waals surface area contributed by atoms with Gasteiger partial charge in [0.2, 0.25) is 0 Å². The smallest absolute Gasteiger partial charge is 0.253 e. The molecule has 0 saturated heterocycles. The molecule has 3 rings (SSSR count). The maximum Gasteiger partial charge on any atom is 0.253 e. The second-order valence-corrected chi connectivity index (χ2v) is 4.71. The SMILES string of the molecule is Cc1n[nH]c(C)c1CNC(=O)c1ccc2nccn2c1. The molecular weight excluding hydrogens is 254 g/mol. The fourth-order valence-electron chi connectivity index (χ4n) is 2.16. The minimum absolute atomic E-state index is 0.111. The lowest BCUT2D eigenvalue weighted by Gasteiger charge is -2.06. The Bertz CT molecular complexity index is 751. The van der Waals surface area contributed by atoms with Crippen molar-refractivity contribution in [3.63, 3.8) is 0 Å². The number of H-pyrrole nitrogens is 1. The van der Waals surface area contributed by atoms with E-state index in [0.29, 0.717) is 12.1 Å². The quantitative estimate of drug-likeness (QED) is 0.758. The molecule has 20 heavy (non-hydrogen) atoms. The van der Waals surface area contributed by atoms with Gasteiger partial charge in [-0.3, -0.25) is 9.89 Å². The lowest BCUT2D eigenvalue weighted by molar-refractivity contribution is 0.0950. The summed E-state index contributed by atoms with van der Waals surface area (Å²) in [5.74, 6) is -0.111. The average Bonchev–Trinajstić information content (AvgIpc) is 3.03. The van der Waals surface area contributed by atoms with E-state index in [4.69, 9.17) is 0 Å². The molecule has 0 unspecified atom stereocenters. The van der Waals surface area contributed by atoms with Crippen LogP contribution in [0.4, 0.5) is 0 Å². The van der Waals surface area contributed by atoms with Crippen molar-refractivity contribution < 1.29 is 4.79 Å². The normalized spacial score (nSPS) is 10.9. The number of nitrogens with zero attached hydrogens (tertiary/aromatic N) is 3. The van der Waals surface area contributed by atoms with Gasteiger partial charge in [-0.05, 0) is 26.0 Å². The summed E-state index contributed by atoms with van der Waals surface area (Å²) in [7, 11) is 0. The van der Waals surface area contributed by atoms with Crippen LogP contribution in [-0.2, 0) is 6.54 Å². The number of aryl methyl sites for hydroxylation is 2. The molecule has 2 N–H and O–H groups in total. The van der Waals surface area contributed by atoms with Gasteiger partial charge in [-0.15, -0.1) is 0 Å². The Balaban J connectivity index is 1.76. The number of amides is 1. The molecule has 3 aromatic rings. The first-order chi connectivity index (χ1) is 9.65. The summed E-state index contributed by atoms with van der Waals surface area (Å²) in [5.41, 5.74) is 4.35. The highest BCUT2D eigenvalue weighted by atomic mass is 16.1. The van der Waals surface area contributed by atoms with Crippen LogP contribution < -0.4 is 5.32 Å². The third-order valence-electron chi connectivity index (χ3n) is 3.36. The lowest BCUT2D eigenvalue weighted by atomic mass is 10.2. The van der Waals surface area contributed by atoms with Gasteiger partial charge in [-0.2, -0.15) is 5.10 Å². The fourth-order valence-corrected chi connectivity index (χ4v) is 2.16. The van der Waals surface area contributed by atoms with Crippen LogP contribution in [0.15, 0.2) is 30.7 Å². The zero-order valence-electron chi connectivity index (χ0n) is 11.3. The molecule has 1 amide bonds. The summed E-state index contributed by atoms with van der Waals surface area (Å²) in [4.78, 5) is 16.3. The molecule has 3 heterocycles. The van der Waals surface area contributed by atoms with Gasteiger partial charge in [0, 0.05) is 36.4 Å². The van der Waals surface area contributed by atoms with Gasteiger partial charge in [-0.25, -0.2) is 4.98 Å². The molecule has 102 valence electrons. The first-order valence-electron chi connectivity index (χ1n) is 6.36. The Labute approximate surface area is 115 Å². The van der Waals surface area contributed by atoms with Crippen LogP contribution in [-0.4, -0.2) is 25.5 Å². The van der Waals surface area contributed by atoms with E-state index in [9.17, 15) is 4.79 Å². The van der Waals surface area contributed by atoms with Crippen LogP contribution in [0.25, 0.3) is 5.65 Å². The highest BCUT2D eigenvalue weighted by Gasteiger charge is 2.10. The number of hydrogen-bond acceptors (Lipinski definition) is 3. The number of carbonyl (C=O) groups is 1. The Morgan fingerprint density at radius 2 is 2.25 bits per heavy atom.